The first-order chi connectivity index (χ1) is 7.25. The number of nitrogens with one attached hydrogen (secondary N) is 1. The van der Waals surface area contributed by atoms with Gasteiger partial charge in [-0.3, -0.25) is 4.99 Å². The topological polar surface area (TPSA) is 24.4 Å². The van der Waals surface area contributed by atoms with Crippen molar-refractivity contribution in [3.8, 4) is 0 Å². The number of hydrogen-bond acceptors (Lipinski definition) is 2. The van der Waals surface area contributed by atoms with Crippen LogP contribution in [0.2, 0.25) is 0 Å². The van der Waals surface area contributed by atoms with E-state index in [1.165, 1.54) is 25.0 Å². The van der Waals surface area contributed by atoms with Gasteiger partial charge in [-0.25, -0.2) is 4.39 Å². The van der Waals surface area contributed by atoms with E-state index >= 15 is 0 Å². The van der Waals surface area contributed by atoms with Gasteiger partial charge in [-0.1, -0.05) is 0 Å². The number of rotatable bonds is 1. The third-order valence-electron chi connectivity index (χ3n) is 2.33. The summed E-state index contributed by atoms with van der Waals surface area (Å²) in [5, 5.41) is 3.25. The summed E-state index contributed by atoms with van der Waals surface area (Å²) in [7, 11) is 0. The lowest BCUT2D eigenvalue weighted by Crippen LogP contribution is -2.16. The average Bonchev–Trinajstić information content (AvgIpc) is 2.24. The summed E-state index contributed by atoms with van der Waals surface area (Å²) in [6.07, 6.45) is 3.35. The molecule has 1 heterocycles. The first-order valence-corrected chi connectivity index (χ1v) is 6.09. The molecule has 1 aromatic carbocycles. The molecule has 1 aromatic rings. The molecular formula is C11H12FIN2. The van der Waals surface area contributed by atoms with Crippen LogP contribution in [0.3, 0.4) is 0 Å². The molecule has 4 heteroatoms. The maximum absolute atomic E-state index is 12.9. The van der Waals surface area contributed by atoms with Crippen LogP contribution in [0, 0.1) is 9.39 Å². The Morgan fingerprint density at radius 2 is 2.20 bits per heavy atom. The SMILES string of the molecule is Fc1ccc(NC2=NCCCC2)c(I)c1. The molecule has 0 aromatic heterocycles. The fourth-order valence-corrected chi connectivity index (χ4v) is 2.16. The molecule has 0 saturated carbocycles. The van der Waals surface area contributed by atoms with Gasteiger partial charge in [0.25, 0.3) is 0 Å². The Labute approximate surface area is 102 Å². The molecular weight excluding hydrogens is 306 g/mol. The highest BCUT2D eigenvalue weighted by Crippen LogP contribution is 2.20. The second-order valence-corrected chi connectivity index (χ2v) is 4.70. The first-order valence-electron chi connectivity index (χ1n) is 5.01. The molecule has 1 N–H and O–H groups in total. The van der Waals surface area contributed by atoms with Crippen molar-refractivity contribution in [1.29, 1.82) is 0 Å². The number of nitrogens with zero attached hydrogens (tertiary/aromatic N) is 1. The van der Waals surface area contributed by atoms with Crippen LogP contribution in [0.25, 0.3) is 0 Å². The van der Waals surface area contributed by atoms with Crippen LogP contribution >= 0.6 is 22.6 Å². The highest BCUT2D eigenvalue weighted by molar-refractivity contribution is 14.1. The molecule has 0 fully saturated rings. The second-order valence-electron chi connectivity index (χ2n) is 3.53. The zero-order valence-corrected chi connectivity index (χ0v) is 10.4. The minimum atomic E-state index is -0.199. The van der Waals surface area contributed by atoms with E-state index in [1.54, 1.807) is 6.07 Å². The minimum absolute atomic E-state index is 0.199. The maximum atomic E-state index is 12.9. The molecule has 0 aliphatic carbocycles. The van der Waals surface area contributed by atoms with Crippen molar-refractivity contribution >= 4 is 34.1 Å². The van der Waals surface area contributed by atoms with Gasteiger partial charge in [0, 0.05) is 16.5 Å². The lowest BCUT2D eigenvalue weighted by Gasteiger charge is -2.14. The maximum Gasteiger partial charge on any atom is 0.124 e. The molecule has 0 amide bonds. The van der Waals surface area contributed by atoms with Crippen LogP contribution in [-0.2, 0) is 0 Å². The summed E-state index contributed by atoms with van der Waals surface area (Å²) in [5.41, 5.74) is 0.942. The predicted octanol–water partition coefficient (Wildman–Crippen LogP) is 3.42. The minimum Gasteiger partial charge on any atom is -0.343 e. The van der Waals surface area contributed by atoms with E-state index < -0.39 is 0 Å². The van der Waals surface area contributed by atoms with Crippen LogP contribution in [-0.4, -0.2) is 12.4 Å². The van der Waals surface area contributed by atoms with Gasteiger partial charge in [0.1, 0.15) is 11.7 Å². The fraction of sp³-hybridized carbons (Fsp3) is 0.364. The summed E-state index contributed by atoms with van der Waals surface area (Å²) in [6.45, 7) is 0.903. The molecule has 2 rings (SSSR count). The lowest BCUT2D eigenvalue weighted by molar-refractivity contribution is 0.627. The monoisotopic (exact) mass is 318 g/mol. The Morgan fingerprint density at radius 3 is 2.87 bits per heavy atom. The molecule has 1 aliphatic rings. The van der Waals surface area contributed by atoms with Crippen molar-refractivity contribution in [2.75, 3.05) is 11.9 Å². The number of anilines is 1. The van der Waals surface area contributed by atoms with Crippen LogP contribution in [0.15, 0.2) is 23.2 Å². The summed E-state index contributed by atoms with van der Waals surface area (Å²) in [5.74, 6) is 0.821. The number of aliphatic imine (C=N–C) groups is 1. The van der Waals surface area contributed by atoms with Gasteiger partial charge in [0.05, 0.1) is 5.69 Å². The number of hydrogen-bond donors (Lipinski definition) is 1. The van der Waals surface area contributed by atoms with E-state index in [0.29, 0.717) is 0 Å². The van der Waals surface area contributed by atoms with E-state index in [4.69, 9.17) is 0 Å². The third kappa shape index (κ3) is 2.90. The Balaban J connectivity index is 2.13. The fourth-order valence-electron chi connectivity index (χ4n) is 1.55. The molecule has 1 aliphatic heterocycles. The van der Waals surface area contributed by atoms with Crippen LogP contribution in [0.1, 0.15) is 19.3 Å². The predicted molar refractivity (Wildman–Crippen MR) is 68.9 cm³/mol. The summed E-state index contributed by atoms with van der Waals surface area (Å²) in [4.78, 5) is 4.40. The van der Waals surface area contributed by atoms with Crippen molar-refractivity contribution in [2.45, 2.75) is 19.3 Å². The van der Waals surface area contributed by atoms with Crippen LogP contribution in [0.4, 0.5) is 10.1 Å². The van der Waals surface area contributed by atoms with Gasteiger partial charge in [0.2, 0.25) is 0 Å². The van der Waals surface area contributed by atoms with Crippen molar-refractivity contribution < 1.29 is 4.39 Å². The smallest absolute Gasteiger partial charge is 0.124 e. The standard InChI is InChI=1S/C11H12FIN2/c12-8-4-5-10(9(13)7-8)15-11-3-1-2-6-14-11/h4-5,7H,1-3,6H2,(H,14,15). The first kappa shape index (κ1) is 10.9. The Kier molecular flexibility index (Phi) is 3.56. The normalized spacial score (nSPS) is 16.0. The van der Waals surface area contributed by atoms with Crippen molar-refractivity contribution in [3.63, 3.8) is 0 Å². The largest absolute Gasteiger partial charge is 0.343 e. The Hall–Kier alpha value is -0.650. The van der Waals surface area contributed by atoms with Gasteiger partial charge in [-0.15, -0.1) is 0 Å². The lowest BCUT2D eigenvalue weighted by atomic mass is 10.2. The summed E-state index contributed by atoms with van der Waals surface area (Å²) < 4.78 is 13.8. The molecule has 0 bridgehead atoms. The second kappa shape index (κ2) is 4.92. The molecule has 15 heavy (non-hydrogen) atoms. The number of amidine groups is 1. The van der Waals surface area contributed by atoms with E-state index in [0.717, 1.165) is 28.1 Å². The van der Waals surface area contributed by atoms with Crippen molar-refractivity contribution in [3.05, 3.63) is 27.6 Å². The van der Waals surface area contributed by atoms with E-state index in [1.807, 2.05) is 0 Å². The molecule has 0 radical (unpaired) electrons. The highest BCUT2D eigenvalue weighted by atomic mass is 127. The van der Waals surface area contributed by atoms with Crippen molar-refractivity contribution in [2.24, 2.45) is 4.99 Å². The molecule has 0 atom stereocenters. The quantitative estimate of drug-likeness (QED) is 0.788. The molecule has 80 valence electrons. The summed E-state index contributed by atoms with van der Waals surface area (Å²) in [6, 6.07) is 4.74. The van der Waals surface area contributed by atoms with Gasteiger partial charge in [0.15, 0.2) is 0 Å². The Bertz CT molecular complexity index is 390. The van der Waals surface area contributed by atoms with Gasteiger partial charge >= 0.3 is 0 Å². The average molecular weight is 318 g/mol. The van der Waals surface area contributed by atoms with Crippen LogP contribution in [0.5, 0.6) is 0 Å². The van der Waals surface area contributed by atoms with Crippen molar-refractivity contribution in [1.82, 2.24) is 0 Å². The summed E-state index contributed by atoms with van der Waals surface area (Å²) >= 11 is 2.12. The van der Waals surface area contributed by atoms with Crippen LogP contribution < -0.4 is 5.32 Å². The van der Waals surface area contributed by atoms with Gasteiger partial charge in [-0.05, 0) is 53.6 Å². The zero-order valence-electron chi connectivity index (χ0n) is 8.26. The Morgan fingerprint density at radius 1 is 1.33 bits per heavy atom. The molecule has 0 saturated heterocycles. The number of benzene rings is 1. The van der Waals surface area contributed by atoms with E-state index in [2.05, 4.69) is 32.9 Å². The molecule has 2 nitrogen and oxygen atoms in total. The highest BCUT2D eigenvalue weighted by Gasteiger charge is 2.07. The van der Waals surface area contributed by atoms with E-state index in [-0.39, 0.29) is 5.82 Å². The molecule has 0 unspecified atom stereocenters. The van der Waals surface area contributed by atoms with Gasteiger partial charge in [-0.2, -0.15) is 0 Å². The molecule has 0 spiro atoms. The number of halogens is 2. The van der Waals surface area contributed by atoms with E-state index in [9.17, 15) is 4.39 Å². The zero-order chi connectivity index (χ0) is 10.7. The third-order valence-corrected chi connectivity index (χ3v) is 3.23. The van der Waals surface area contributed by atoms with Gasteiger partial charge < -0.3 is 5.32 Å².